The van der Waals surface area contributed by atoms with Crippen molar-refractivity contribution < 1.29 is 18.3 Å². The molecule has 0 aliphatic carbocycles. The molecule has 1 fully saturated rings. The average Bonchev–Trinajstić information content (AvgIpc) is 2.81. The van der Waals surface area contributed by atoms with Crippen LogP contribution in [0.1, 0.15) is 29.4 Å². The Labute approximate surface area is 123 Å². The first kappa shape index (κ1) is 15.9. The summed E-state index contributed by atoms with van der Waals surface area (Å²) < 4.78 is 26.6. The molecule has 2 heterocycles. The van der Waals surface area contributed by atoms with Gasteiger partial charge < -0.3 is 10.0 Å². The second kappa shape index (κ2) is 5.74. The summed E-state index contributed by atoms with van der Waals surface area (Å²) in [4.78, 5) is 13.4. The van der Waals surface area contributed by atoms with E-state index >= 15 is 0 Å². The maximum atomic E-state index is 12.7. The van der Waals surface area contributed by atoms with Crippen molar-refractivity contribution >= 4 is 16.0 Å². The standard InChI is InChI=1S/C12H20N4O4S/c1-4-9-7-16(6-5-15(9)3)21(19,20)11-10(12(17)18)8(2)13-14-11/h9H,4-7H2,1-3H3,(H,13,14)(H,17,18). The molecule has 8 nitrogen and oxygen atoms in total. The lowest BCUT2D eigenvalue weighted by Crippen LogP contribution is -2.53. The first-order valence-corrected chi connectivity index (χ1v) is 8.21. The molecule has 1 aromatic heterocycles. The number of aromatic nitrogens is 2. The van der Waals surface area contributed by atoms with Gasteiger partial charge in [-0.05, 0) is 20.4 Å². The highest BCUT2D eigenvalue weighted by Gasteiger charge is 2.36. The van der Waals surface area contributed by atoms with Crippen LogP contribution in [0.2, 0.25) is 0 Å². The van der Waals surface area contributed by atoms with Gasteiger partial charge in [0, 0.05) is 31.4 Å². The summed E-state index contributed by atoms with van der Waals surface area (Å²) in [6.07, 6.45) is 0.827. The third kappa shape index (κ3) is 2.81. The van der Waals surface area contributed by atoms with Crippen molar-refractivity contribution in [2.45, 2.75) is 31.3 Å². The maximum absolute atomic E-state index is 12.7. The second-order valence-electron chi connectivity index (χ2n) is 5.24. The van der Waals surface area contributed by atoms with E-state index in [4.69, 9.17) is 0 Å². The van der Waals surface area contributed by atoms with Gasteiger partial charge in [0.2, 0.25) is 5.03 Å². The molecule has 9 heteroatoms. The van der Waals surface area contributed by atoms with E-state index in [-0.39, 0.29) is 17.3 Å². The number of aromatic carboxylic acids is 1. The summed E-state index contributed by atoms with van der Waals surface area (Å²) in [5.41, 5.74) is -0.0378. The molecule has 1 aromatic rings. The number of piperazine rings is 1. The number of hydrogen-bond acceptors (Lipinski definition) is 5. The summed E-state index contributed by atoms with van der Waals surface area (Å²) >= 11 is 0. The summed E-state index contributed by atoms with van der Waals surface area (Å²) in [5.74, 6) is -1.29. The summed E-state index contributed by atoms with van der Waals surface area (Å²) in [6.45, 7) is 4.79. The predicted molar refractivity (Wildman–Crippen MR) is 75.8 cm³/mol. The van der Waals surface area contributed by atoms with Crippen molar-refractivity contribution in [1.29, 1.82) is 0 Å². The number of aromatic amines is 1. The Kier molecular flexibility index (Phi) is 4.35. The van der Waals surface area contributed by atoms with Gasteiger partial charge in [-0.25, -0.2) is 13.2 Å². The highest BCUT2D eigenvalue weighted by atomic mass is 32.2. The maximum Gasteiger partial charge on any atom is 0.340 e. The van der Waals surface area contributed by atoms with Crippen LogP contribution in [-0.4, -0.2) is 71.6 Å². The van der Waals surface area contributed by atoms with E-state index in [9.17, 15) is 18.3 Å². The molecule has 118 valence electrons. The van der Waals surface area contributed by atoms with Gasteiger partial charge in [0.05, 0.1) is 0 Å². The van der Waals surface area contributed by atoms with Crippen LogP contribution in [-0.2, 0) is 10.0 Å². The molecule has 1 unspecified atom stereocenters. The van der Waals surface area contributed by atoms with Crippen LogP contribution in [0.25, 0.3) is 0 Å². The minimum absolute atomic E-state index is 0.127. The first-order chi connectivity index (χ1) is 9.78. The van der Waals surface area contributed by atoms with Gasteiger partial charge in [-0.2, -0.15) is 9.40 Å². The van der Waals surface area contributed by atoms with Crippen molar-refractivity contribution in [3.05, 3.63) is 11.3 Å². The number of sulfonamides is 1. The predicted octanol–water partition coefficient (Wildman–Crippen LogP) is 0.131. The van der Waals surface area contributed by atoms with Crippen LogP contribution in [0.15, 0.2) is 5.03 Å². The molecule has 0 saturated carbocycles. The Morgan fingerprint density at radius 1 is 1.48 bits per heavy atom. The van der Waals surface area contributed by atoms with E-state index in [0.29, 0.717) is 19.6 Å². The fraction of sp³-hybridized carbons (Fsp3) is 0.667. The average molecular weight is 316 g/mol. The van der Waals surface area contributed by atoms with Crippen LogP contribution >= 0.6 is 0 Å². The minimum atomic E-state index is -3.90. The van der Waals surface area contributed by atoms with Gasteiger partial charge in [0.15, 0.2) is 0 Å². The molecular formula is C12H20N4O4S. The van der Waals surface area contributed by atoms with E-state index in [1.54, 1.807) is 0 Å². The van der Waals surface area contributed by atoms with Crippen molar-refractivity contribution in [2.24, 2.45) is 0 Å². The fourth-order valence-corrected chi connectivity index (χ4v) is 4.14. The van der Waals surface area contributed by atoms with E-state index in [1.807, 2.05) is 14.0 Å². The van der Waals surface area contributed by atoms with Crippen molar-refractivity contribution in [3.8, 4) is 0 Å². The lowest BCUT2D eigenvalue weighted by atomic mass is 10.1. The van der Waals surface area contributed by atoms with Crippen molar-refractivity contribution in [2.75, 3.05) is 26.7 Å². The molecule has 2 rings (SSSR count). The molecule has 1 aliphatic rings. The quantitative estimate of drug-likeness (QED) is 0.818. The lowest BCUT2D eigenvalue weighted by Gasteiger charge is -2.37. The van der Waals surface area contributed by atoms with Crippen LogP contribution in [0, 0.1) is 6.92 Å². The number of likely N-dealkylation sites (N-methyl/N-ethyl adjacent to an activating group) is 1. The highest BCUT2D eigenvalue weighted by Crippen LogP contribution is 2.23. The molecule has 2 N–H and O–H groups in total. The van der Waals surface area contributed by atoms with Crippen LogP contribution in [0.5, 0.6) is 0 Å². The number of H-pyrrole nitrogens is 1. The third-order valence-electron chi connectivity index (χ3n) is 3.92. The molecule has 1 aliphatic heterocycles. The van der Waals surface area contributed by atoms with E-state index < -0.39 is 21.0 Å². The Balaban J connectivity index is 2.37. The molecule has 0 amide bonds. The zero-order valence-electron chi connectivity index (χ0n) is 12.3. The monoisotopic (exact) mass is 316 g/mol. The Bertz CT molecular complexity index is 640. The molecular weight excluding hydrogens is 296 g/mol. The van der Waals surface area contributed by atoms with E-state index in [0.717, 1.165) is 6.42 Å². The van der Waals surface area contributed by atoms with Gasteiger partial charge >= 0.3 is 5.97 Å². The van der Waals surface area contributed by atoms with Crippen LogP contribution < -0.4 is 0 Å². The number of aryl methyl sites for hydroxylation is 1. The Morgan fingerprint density at radius 3 is 2.71 bits per heavy atom. The zero-order valence-corrected chi connectivity index (χ0v) is 13.1. The summed E-state index contributed by atoms with van der Waals surface area (Å²) in [5, 5.41) is 14.9. The zero-order chi connectivity index (χ0) is 15.8. The number of hydrogen-bond donors (Lipinski definition) is 2. The number of nitrogens with zero attached hydrogens (tertiary/aromatic N) is 3. The first-order valence-electron chi connectivity index (χ1n) is 6.77. The normalized spacial score (nSPS) is 21.6. The third-order valence-corrected chi connectivity index (χ3v) is 5.72. The fourth-order valence-electron chi connectivity index (χ4n) is 2.54. The van der Waals surface area contributed by atoms with Crippen LogP contribution in [0.4, 0.5) is 0 Å². The highest BCUT2D eigenvalue weighted by molar-refractivity contribution is 7.89. The SMILES string of the molecule is CCC1CN(S(=O)(=O)c2n[nH]c(C)c2C(=O)O)CCN1C. The molecule has 0 spiro atoms. The van der Waals surface area contributed by atoms with Crippen LogP contribution in [0.3, 0.4) is 0 Å². The van der Waals surface area contributed by atoms with Gasteiger partial charge in [0.1, 0.15) is 5.56 Å². The lowest BCUT2D eigenvalue weighted by molar-refractivity contribution is 0.0691. The summed E-state index contributed by atoms with van der Waals surface area (Å²) in [7, 11) is -1.94. The second-order valence-corrected chi connectivity index (χ2v) is 7.09. The number of carboxylic acids is 1. The molecule has 0 bridgehead atoms. The van der Waals surface area contributed by atoms with Gasteiger partial charge in [-0.15, -0.1) is 0 Å². The number of carboxylic acid groups (broad SMARTS) is 1. The van der Waals surface area contributed by atoms with Crippen molar-refractivity contribution in [3.63, 3.8) is 0 Å². The number of carbonyl (C=O) groups is 1. The van der Waals surface area contributed by atoms with Crippen molar-refractivity contribution in [1.82, 2.24) is 19.4 Å². The summed E-state index contributed by atoms with van der Waals surface area (Å²) in [6, 6.07) is 0.127. The molecule has 0 radical (unpaired) electrons. The van der Waals surface area contributed by atoms with Gasteiger partial charge in [-0.1, -0.05) is 6.92 Å². The molecule has 21 heavy (non-hydrogen) atoms. The van der Waals surface area contributed by atoms with Gasteiger partial charge in [0.25, 0.3) is 10.0 Å². The minimum Gasteiger partial charge on any atom is -0.478 e. The topological polar surface area (TPSA) is 107 Å². The van der Waals surface area contributed by atoms with E-state index in [2.05, 4.69) is 15.1 Å². The molecule has 1 saturated heterocycles. The molecule has 1 atom stereocenters. The largest absolute Gasteiger partial charge is 0.478 e. The van der Waals surface area contributed by atoms with Gasteiger partial charge in [-0.3, -0.25) is 5.10 Å². The number of nitrogens with one attached hydrogen (secondary N) is 1. The Morgan fingerprint density at radius 2 is 2.14 bits per heavy atom. The van der Waals surface area contributed by atoms with E-state index in [1.165, 1.54) is 11.2 Å². The number of rotatable bonds is 4. The Hall–Kier alpha value is -1.45. The molecule has 0 aromatic carbocycles. The smallest absolute Gasteiger partial charge is 0.340 e.